The molecule has 0 aliphatic rings. The predicted octanol–water partition coefficient (Wildman–Crippen LogP) is 4.35. The molecule has 2 heteroatoms. The number of rotatable bonds is 0. The Bertz CT molecular complexity index is 391. The molecule has 0 saturated heterocycles. The lowest BCUT2D eigenvalue weighted by Crippen LogP contribution is -2.05. The summed E-state index contributed by atoms with van der Waals surface area (Å²) in [5.74, 6) is 0. The molecule has 17 heavy (non-hydrogen) atoms. The van der Waals surface area contributed by atoms with Crippen LogP contribution in [-0.2, 0) is 0 Å². The molecule has 0 bridgehead atoms. The number of benzene rings is 1. The number of hydrogen-bond donors (Lipinski definition) is 1. The fraction of sp³-hybridized carbons (Fsp3) is 0.467. The Morgan fingerprint density at radius 2 is 1.41 bits per heavy atom. The fourth-order valence-electron chi connectivity index (χ4n) is 1.30. The molecule has 0 fully saturated rings. The summed E-state index contributed by atoms with van der Waals surface area (Å²) in [6.45, 7) is 14.0. The van der Waals surface area contributed by atoms with E-state index in [0.29, 0.717) is 0 Å². The van der Waals surface area contributed by atoms with E-state index in [1.807, 2.05) is 72.9 Å². The van der Waals surface area contributed by atoms with E-state index in [-0.39, 0.29) is 0 Å². The van der Waals surface area contributed by atoms with Gasteiger partial charge in [-0.15, -0.1) is 0 Å². The first-order valence-electron chi connectivity index (χ1n) is 6.61. The van der Waals surface area contributed by atoms with Crippen molar-refractivity contribution in [3.05, 3.63) is 30.0 Å². The number of nitrogens with one attached hydrogen (secondary N) is 1. The standard InChI is InChI=1S/C9H8BN.3C2H6/c1-6-7-4-5-11-9(7)3-2-8(6)10;3*1-2/h2-5,11H,1H3;3*1-2H3. The van der Waals surface area contributed by atoms with Crippen LogP contribution in [0.25, 0.3) is 10.9 Å². The highest BCUT2D eigenvalue weighted by Crippen LogP contribution is 2.13. The van der Waals surface area contributed by atoms with Crippen LogP contribution in [0.15, 0.2) is 24.4 Å². The van der Waals surface area contributed by atoms with Crippen LogP contribution in [0.4, 0.5) is 0 Å². The van der Waals surface area contributed by atoms with Gasteiger partial charge in [0.2, 0.25) is 0 Å². The molecule has 1 heterocycles. The zero-order valence-corrected chi connectivity index (χ0v) is 12.4. The van der Waals surface area contributed by atoms with Crippen molar-refractivity contribution in [1.82, 2.24) is 4.98 Å². The van der Waals surface area contributed by atoms with Crippen molar-refractivity contribution in [3.63, 3.8) is 0 Å². The molecule has 2 aromatic rings. The largest absolute Gasteiger partial charge is 0.361 e. The van der Waals surface area contributed by atoms with Crippen molar-refractivity contribution < 1.29 is 0 Å². The molecule has 2 rings (SSSR count). The van der Waals surface area contributed by atoms with Gasteiger partial charge in [0.1, 0.15) is 7.85 Å². The summed E-state index contributed by atoms with van der Waals surface area (Å²) in [5, 5.41) is 1.21. The van der Waals surface area contributed by atoms with E-state index in [1.54, 1.807) is 0 Å². The SMILES string of the molecule is CC.CC.CC.[B]c1ccc2[nH]ccc2c1C. The molecule has 0 aliphatic heterocycles. The summed E-state index contributed by atoms with van der Waals surface area (Å²) in [4.78, 5) is 3.13. The van der Waals surface area contributed by atoms with Crippen LogP contribution in [0, 0.1) is 6.92 Å². The number of aromatic amines is 1. The van der Waals surface area contributed by atoms with Gasteiger partial charge in [0, 0.05) is 17.1 Å². The van der Waals surface area contributed by atoms with Crippen molar-refractivity contribution in [2.45, 2.75) is 48.5 Å². The highest BCUT2D eigenvalue weighted by molar-refractivity contribution is 6.34. The minimum absolute atomic E-state index is 0.858. The molecule has 1 nitrogen and oxygen atoms in total. The zero-order chi connectivity index (χ0) is 13.8. The molecule has 1 aromatic carbocycles. The monoisotopic (exact) mass is 231 g/mol. The lowest BCUT2D eigenvalue weighted by Gasteiger charge is -2.00. The molecule has 0 unspecified atom stereocenters. The van der Waals surface area contributed by atoms with Gasteiger partial charge >= 0.3 is 0 Å². The zero-order valence-electron chi connectivity index (χ0n) is 12.4. The van der Waals surface area contributed by atoms with E-state index in [2.05, 4.69) is 4.98 Å². The summed E-state index contributed by atoms with van der Waals surface area (Å²) in [5.41, 5.74) is 3.16. The van der Waals surface area contributed by atoms with Gasteiger partial charge in [0.15, 0.2) is 0 Å². The van der Waals surface area contributed by atoms with Crippen LogP contribution in [0.1, 0.15) is 47.1 Å². The van der Waals surface area contributed by atoms with Crippen LogP contribution in [0.5, 0.6) is 0 Å². The van der Waals surface area contributed by atoms with Crippen LogP contribution in [0.2, 0.25) is 0 Å². The minimum Gasteiger partial charge on any atom is -0.361 e. The number of hydrogen-bond acceptors (Lipinski definition) is 0. The van der Waals surface area contributed by atoms with Gasteiger partial charge in [0.25, 0.3) is 0 Å². The van der Waals surface area contributed by atoms with Crippen molar-refractivity contribution >= 4 is 24.2 Å². The Morgan fingerprint density at radius 1 is 0.882 bits per heavy atom. The van der Waals surface area contributed by atoms with Gasteiger partial charge in [-0.25, -0.2) is 0 Å². The first kappa shape index (κ1) is 18.2. The Kier molecular flexibility index (Phi) is 12.1. The lowest BCUT2D eigenvalue weighted by atomic mass is 9.89. The average Bonchev–Trinajstić information content (AvgIpc) is 2.90. The number of H-pyrrole nitrogens is 1. The minimum atomic E-state index is 0.858. The highest BCUT2D eigenvalue weighted by atomic mass is 14.7. The molecule has 0 amide bonds. The maximum absolute atomic E-state index is 5.73. The number of aromatic nitrogens is 1. The molecular formula is C15H26BN. The van der Waals surface area contributed by atoms with E-state index in [0.717, 1.165) is 16.5 Å². The Labute approximate surface area is 108 Å². The first-order chi connectivity index (χ1) is 8.29. The fourth-order valence-corrected chi connectivity index (χ4v) is 1.30. The van der Waals surface area contributed by atoms with Crippen LogP contribution < -0.4 is 5.46 Å². The van der Waals surface area contributed by atoms with E-state index < -0.39 is 0 Å². The number of fused-ring (bicyclic) bond motifs is 1. The van der Waals surface area contributed by atoms with E-state index in [1.165, 1.54) is 5.39 Å². The third-order valence-corrected chi connectivity index (χ3v) is 2.05. The van der Waals surface area contributed by atoms with E-state index in [9.17, 15) is 0 Å². The molecule has 2 radical (unpaired) electrons. The molecule has 0 spiro atoms. The van der Waals surface area contributed by atoms with Crippen molar-refractivity contribution in [3.8, 4) is 0 Å². The van der Waals surface area contributed by atoms with Gasteiger partial charge in [-0.2, -0.15) is 0 Å². The Morgan fingerprint density at radius 3 is 1.94 bits per heavy atom. The van der Waals surface area contributed by atoms with Crippen LogP contribution in [0.3, 0.4) is 0 Å². The van der Waals surface area contributed by atoms with Gasteiger partial charge in [-0.1, -0.05) is 53.1 Å². The highest BCUT2D eigenvalue weighted by Gasteiger charge is 1.98. The second-order valence-corrected chi connectivity index (χ2v) is 2.72. The van der Waals surface area contributed by atoms with Crippen LogP contribution in [-0.4, -0.2) is 12.8 Å². The Balaban J connectivity index is 0. The van der Waals surface area contributed by atoms with E-state index in [4.69, 9.17) is 7.85 Å². The van der Waals surface area contributed by atoms with E-state index >= 15 is 0 Å². The van der Waals surface area contributed by atoms with Crippen molar-refractivity contribution in [1.29, 1.82) is 0 Å². The molecule has 94 valence electrons. The summed E-state index contributed by atoms with van der Waals surface area (Å²) in [6.07, 6.45) is 1.93. The normalized spacial score (nSPS) is 7.94. The smallest absolute Gasteiger partial charge is 0.114 e. The molecule has 0 saturated carbocycles. The Hall–Kier alpha value is -1.18. The third kappa shape index (κ3) is 5.12. The molecular weight excluding hydrogens is 205 g/mol. The summed E-state index contributed by atoms with van der Waals surface area (Å²) < 4.78 is 0. The summed E-state index contributed by atoms with van der Waals surface area (Å²) >= 11 is 0. The maximum atomic E-state index is 5.73. The van der Waals surface area contributed by atoms with Gasteiger partial charge < -0.3 is 4.98 Å². The molecule has 0 aliphatic carbocycles. The predicted molar refractivity (Wildman–Crippen MR) is 82.5 cm³/mol. The second-order valence-electron chi connectivity index (χ2n) is 2.72. The average molecular weight is 231 g/mol. The summed E-state index contributed by atoms with van der Waals surface area (Å²) in [6, 6.07) is 5.97. The molecule has 1 aromatic heterocycles. The third-order valence-electron chi connectivity index (χ3n) is 2.05. The van der Waals surface area contributed by atoms with Crippen LogP contribution >= 0.6 is 0 Å². The maximum Gasteiger partial charge on any atom is 0.114 e. The van der Waals surface area contributed by atoms with Crippen molar-refractivity contribution in [2.75, 3.05) is 0 Å². The first-order valence-corrected chi connectivity index (χ1v) is 6.61. The molecule has 0 atom stereocenters. The second kappa shape index (κ2) is 11.3. The molecule has 1 N–H and O–H groups in total. The van der Waals surface area contributed by atoms with Gasteiger partial charge in [-0.05, 0) is 24.6 Å². The topological polar surface area (TPSA) is 15.8 Å². The van der Waals surface area contributed by atoms with Crippen molar-refractivity contribution in [2.24, 2.45) is 0 Å². The number of aryl methyl sites for hydroxylation is 1. The van der Waals surface area contributed by atoms with Gasteiger partial charge in [0.05, 0.1) is 0 Å². The summed E-state index contributed by atoms with van der Waals surface area (Å²) in [7, 11) is 5.73. The van der Waals surface area contributed by atoms with Gasteiger partial charge in [-0.3, -0.25) is 0 Å². The quantitative estimate of drug-likeness (QED) is 0.649. The lowest BCUT2D eigenvalue weighted by molar-refractivity contribution is 1.47.